The van der Waals surface area contributed by atoms with Gasteiger partial charge in [0.05, 0.1) is 34.3 Å². The summed E-state index contributed by atoms with van der Waals surface area (Å²) >= 11 is 0. The zero-order valence-corrected chi connectivity index (χ0v) is 22.3. The smallest absolute Gasteiger partial charge is 0.187 e. The second-order valence-corrected chi connectivity index (χ2v) is 13.5. The highest BCUT2D eigenvalue weighted by Gasteiger charge is 2.83. The van der Waals surface area contributed by atoms with Crippen molar-refractivity contribution in [3.05, 3.63) is 35.6 Å². The number of carbonyl (C=O) groups is 3. The first kappa shape index (κ1) is 25.6. The van der Waals surface area contributed by atoms with Gasteiger partial charge in [-0.25, -0.2) is 0 Å². The van der Waals surface area contributed by atoms with E-state index >= 15 is 0 Å². The van der Waals surface area contributed by atoms with Gasteiger partial charge in [0, 0.05) is 23.2 Å². The van der Waals surface area contributed by atoms with E-state index in [9.17, 15) is 24.6 Å². The summed E-state index contributed by atoms with van der Waals surface area (Å²) in [6, 6.07) is 0. The Morgan fingerprint density at radius 2 is 1.83 bits per heavy atom. The Hall–Kier alpha value is -2.09. The van der Waals surface area contributed by atoms with Crippen LogP contribution in [0.15, 0.2) is 35.6 Å². The van der Waals surface area contributed by atoms with Crippen molar-refractivity contribution < 1.29 is 29.3 Å². The Morgan fingerprint density at radius 3 is 2.44 bits per heavy atom. The molecule has 4 aliphatic carbocycles. The number of aliphatic hydroxyl groups is 2. The molecule has 2 saturated carbocycles. The minimum atomic E-state index is -1.27. The van der Waals surface area contributed by atoms with Crippen LogP contribution in [0.25, 0.3) is 0 Å². The zero-order chi connectivity index (χ0) is 26.9. The Bertz CT molecular complexity index is 1170. The van der Waals surface area contributed by atoms with Crippen molar-refractivity contribution in [3.8, 4) is 0 Å². The summed E-state index contributed by atoms with van der Waals surface area (Å²) in [5.41, 5.74) is 1.80. The lowest BCUT2D eigenvalue weighted by Gasteiger charge is -2.69. The van der Waals surface area contributed by atoms with Crippen molar-refractivity contribution in [2.24, 2.45) is 39.7 Å². The van der Waals surface area contributed by atoms with Crippen LogP contribution < -0.4 is 5.73 Å². The highest BCUT2D eigenvalue weighted by Crippen LogP contribution is 2.75. The number of nitrogens with two attached hydrogens (primary N) is 1. The van der Waals surface area contributed by atoms with Crippen LogP contribution in [-0.2, 0) is 19.1 Å². The van der Waals surface area contributed by atoms with Crippen molar-refractivity contribution in [1.29, 1.82) is 0 Å². The number of ether oxygens (including phenoxy) is 1. The molecular formula is C29H39NO6. The number of allylic oxidation sites excluding steroid dienone is 4. The number of Topliss-reactive ketones (excluding diaryl/α,β-unsaturated/α-hetero) is 2. The minimum absolute atomic E-state index is 0.0235. The summed E-state index contributed by atoms with van der Waals surface area (Å²) in [7, 11) is 0. The maximum absolute atomic E-state index is 14.1. The van der Waals surface area contributed by atoms with E-state index in [1.807, 2.05) is 20.8 Å². The number of ketones is 3. The fraction of sp³-hybridized carbons (Fsp3) is 0.690. The molecule has 196 valence electrons. The van der Waals surface area contributed by atoms with Gasteiger partial charge in [-0.05, 0) is 65.5 Å². The summed E-state index contributed by atoms with van der Waals surface area (Å²) in [6.07, 6.45) is 6.92. The number of carbonyl (C=O) groups excluding carboxylic acids is 3. The largest absolute Gasteiger partial charge is 0.396 e. The van der Waals surface area contributed by atoms with Crippen LogP contribution >= 0.6 is 0 Å². The van der Waals surface area contributed by atoms with E-state index < -0.39 is 45.1 Å². The second-order valence-electron chi connectivity index (χ2n) is 13.5. The standard InChI is InChI=1S/C29H39NO6/c1-24(2,35)11-10-20(32)28(7)22-18(31)13-26(5)19-9-8-15-16(12-17(30)23(34)25(15,3)4)27(19,6)21(33)14-29(22,26)36-28/h8,10-12,16,18-19,22,31,35H,9,13-14,30H2,1-7H3/b11-10+/t16-,18-,19+,22-,26+,27+,28+,29+/m1/s1. The molecule has 7 nitrogen and oxygen atoms in total. The fourth-order valence-electron chi connectivity index (χ4n) is 8.73. The van der Waals surface area contributed by atoms with Gasteiger partial charge in [0.15, 0.2) is 11.6 Å². The third-order valence-electron chi connectivity index (χ3n) is 10.6. The van der Waals surface area contributed by atoms with Gasteiger partial charge in [-0.3, -0.25) is 14.4 Å². The molecule has 0 aromatic heterocycles. The first-order valence-corrected chi connectivity index (χ1v) is 13.0. The molecule has 0 aromatic carbocycles. The van der Waals surface area contributed by atoms with Gasteiger partial charge in [-0.15, -0.1) is 0 Å². The van der Waals surface area contributed by atoms with E-state index in [-0.39, 0.29) is 41.3 Å². The predicted molar refractivity (Wildman–Crippen MR) is 133 cm³/mol. The van der Waals surface area contributed by atoms with Gasteiger partial charge < -0.3 is 20.7 Å². The van der Waals surface area contributed by atoms with Crippen LogP contribution in [0.1, 0.15) is 67.7 Å². The fourth-order valence-corrected chi connectivity index (χ4v) is 8.73. The van der Waals surface area contributed by atoms with E-state index in [4.69, 9.17) is 10.5 Å². The molecule has 1 heterocycles. The third-order valence-corrected chi connectivity index (χ3v) is 10.6. The van der Waals surface area contributed by atoms with E-state index in [1.54, 1.807) is 26.8 Å². The number of hydrogen-bond donors (Lipinski definition) is 3. The van der Waals surface area contributed by atoms with Crippen LogP contribution in [-0.4, -0.2) is 50.5 Å². The lowest BCUT2D eigenvalue weighted by Crippen LogP contribution is -2.78. The molecule has 1 aliphatic heterocycles. The Balaban J connectivity index is 1.57. The zero-order valence-electron chi connectivity index (χ0n) is 22.3. The molecular weight excluding hydrogens is 458 g/mol. The topological polar surface area (TPSA) is 127 Å². The van der Waals surface area contributed by atoms with Gasteiger partial charge in [0.2, 0.25) is 0 Å². The summed E-state index contributed by atoms with van der Waals surface area (Å²) in [5.74, 6) is -1.40. The maximum Gasteiger partial charge on any atom is 0.187 e. The first-order valence-electron chi connectivity index (χ1n) is 13.0. The number of hydrogen-bond acceptors (Lipinski definition) is 7. The molecule has 8 atom stereocenters. The van der Waals surface area contributed by atoms with Crippen LogP contribution in [0.5, 0.6) is 0 Å². The normalized spacial score (nSPS) is 47.2. The van der Waals surface area contributed by atoms with Crippen LogP contribution in [0.2, 0.25) is 0 Å². The molecule has 5 rings (SSSR count). The van der Waals surface area contributed by atoms with Gasteiger partial charge in [-0.2, -0.15) is 0 Å². The molecule has 0 aromatic rings. The van der Waals surface area contributed by atoms with E-state index in [1.165, 1.54) is 12.2 Å². The molecule has 0 bridgehead atoms. The SMILES string of the molecule is CC(C)(O)/C=C/C(=O)[C@]1(C)O[C@]23CC(=O)[C@@]4(C)[C@@H]5C=C(N)C(=O)C(C)(C)C5=CC[C@H]4[C@]2(C)C[C@@H](O)[C@H]13. The molecule has 1 saturated heterocycles. The third kappa shape index (κ3) is 2.82. The molecule has 3 fully saturated rings. The molecule has 4 N–H and O–H groups in total. The molecule has 36 heavy (non-hydrogen) atoms. The van der Waals surface area contributed by atoms with Crippen molar-refractivity contribution in [2.45, 2.75) is 90.6 Å². The second kappa shape index (κ2) is 7.06. The van der Waals surface area contributed by atoms with Crippen molar-refractivity contribution in [2.75, 3.05) is 0 Å². The minimum Gasteiger partial charge on any atom is -0.396 e. The Labute approximate surface area is 212 Å². The van der Waals surface area contributed by atoms with Crippen LogP contribution in [0, 0.1) is 34.0 Å². The quantitative estimate of drug-likeness (QED) is 0.404. The van der Waals surface area contributed by atoms with Gasteiger partial charge >= 0.3 is 0 Å². The van der Waals surface area contributed by atoms with Gasteiger partial charge in [0.1, 0.15) is 11.4 Å². The van der Waals surface area contributed by atoms with Crippen molar-refractivity contribution in [1.82, 2.24) is 0 Å². The average Bonchev–Trinajstić information content (AvgIpc) is 2.92. The average molecular weight is 498 g/mol. The molecule has 5 aliphatic rings. The molecule has 0 unspecified atom stereocenters. The number of rotatable bonds is 3. The molecule has 1 spiro atoms. The first-order chi connectivity index (χ1) is 16.4. The highest BCUT2D eigenvalue weighted by molar-refractivity contribution is 6.03. The summed E-state index contributed by atoms with van der Waals surface area (Å²) in [4.78, 5) is 40.2. The Kier molecular flexibility index (Phi) is 5.01. The molecule has 0 amide bonds. The van der Waals surface area contributed by atoms with E-state index in [0.29, 0.717) is 12.8 Å². The highest BCUT2D eigenvalue weighted by atomic mass is 16.6. The van der Waals surface area contributed by atoms with Gasteiger partial charge in [0.25, 0.3) is 0 Å². The Morgan fingerprint density at radius 1 is 1.19 bits per heavy atom. The van der Waals surface area contributed by atoms with Crippen molar-refractivity contribution >= 4 is 17.3 Å². The monoisotopic (exact) mass is 497 g/mol. The van der Waals surface area contributed by atoms with Crippen LogP contribution in [0.3, 0.4) is 0 Å². The number of fused-ring (bicyclic) bond motifs is 4. The molecule has 0 radical (unpaired) electrons. The van der Waals surface area contributed by atoms with Crippen LogP contribution in [0.4, 0.5) is 0 Å². The van der Waals surface area contributed by atoms with Crippen molar-refractivity contribution in [3.63, 3.8) is 0 Å². The van der Waals surface area contributed by atoms with Gasteiger partial charge in [-0.1, -0.05) is 31.6 Å². The van der Waals surface area contributed by atoms with E-state index in [2.05, 4.69) is 13.0 Å². The lowest BCUT2D eigenvalue weighted by atomic mass is 9.40. The molecule has 7 heteroatoms. The summed E-state index contributed by atoms with van der Waals surface area (Å²) in [5, 5.41) is 21.4. The summed E-state index contributed by atoms with van der Waals surface area (Å²) < 4.78 is 6.54. The number of aliphatic hydroxyl groups excluding tert-OH is 1. The lowest BCUT2D eigenvalue weighted by molar-refractivity contribution is -0.344. The summed E-state index contributed by atoms with van der Waals surface area (Å²) in [6.45, 7) is 12.7. The predicted octanol–water partition coefficient (Wildman–Crippen LogP) is 2.79. The van der Waals surface area contributed by atoms with E-state index in [0.717, 1.165) is 5.57 Å². The maximum atomic E-state index is 14.1.